The number of imidazole rings is 1. The first-order chi connectivity index (χ1) is 13.1. The summed E-state index contributed by atoms with van der Waals surface area (Å²) in [5.74, 6) is 2.42. The lowest BCUT2D eigenvalue weighted by molar-refractivity contribution is 0.177. The van der Waals surface area contributed by atoms with E-state index in [-0.39, 0.29) is 0 Å². The Bertz CT molecular complexity index is 907. The molecular formula is C20H26N6S. The van der Waals surface area contributed by atoms with Gasteiger partial charge in [0.05, 0.1) is 11.2 Å². The molecule has 1 fully saturated rings. The van der Waals surface area contributed by atoms with Gasteiger partial charge < -0.3 is 4.98 Å². The van der Waals surface area contributed by atoms with E-state index in [1.165, 1.54) is 23.4 Å². The van der Waals surface area contributed by atoms with E-state index in [4.69, 9.17) is 4.98 Å². The highest BCUT2D eigenvalue weighted by Gasteiger charge is 2.22. The summed E-state index contributed by atoms with van der Waals surface area (Å²) in [5.41, 5.74) is 6.07. The summed E-state index contributed by atoms with van der Waals surface area (Å²) in [6.07, 6.45) is 5.18. The molecular weight excluding hydrogens is 356 g/mol. The number of nitrogens with one attached hydrogen (secondary N) is 1. The quantitative estimate of drug-likeness (QED) is 0.728. The maximum absolute atomic E-state index is 4.78. The van der Waals surface area contributed by atoms with Crippen molar-refractivity contribution in [3.8, 4) is 11.5 Å². The van der Waals surface area contributed by atoms with Gasteiger partial charge in [-0.2, -0.15) is 0 Å². The lowest BCUT2D eigenvalue weighted by Gasteiger charge is -2.31. The predicted octanol–water partition coefficient (Wildman–Crippen LogP) is 3.70. The van der Waals surface area contributed by atoms with Crippen molar-refractivity contribution in [1.82, 2.24) is 29.8 Å². The van der Waals surface area contributed by atoms with Gasteiger partial charge in [0.2, 0.25) is 0 Å². The predicted molar refractivity (Wildman–Crippen MR) is 108 cm³/mol. The van der Waals surface area contributed by atoms with Crippen LogP contribution in [0.2, 0.25) is 0 Å². The fraction of sp³-hybridized carbons (Fsp3) is 0.500. The minimum absolute atomic E-state index is 0.650. The second-order valence-corrected chi connectivity index (χ2v) is 8.45. The zero-order valence-electron chi connectivity index (χ0n) is 16.2. The van der Waals surface area contributed by atoms with E-state index in [0.29, 0.717) is 5.92 Å². The normalized spacial score (nSPS) is 16.1. The maximum Gasteiger partial charge on any atom is 0.156 e. The Morgan fingerprint density at radius 1 is 1.15 bits per heavy atom. The molecule has 1 aliphatic heterocycles. The second kappa shape index (κ2) is 7.86. The van der Waals surface area contributed by atoms with E-state index >= 15 is 0 Å². The van der Waals surface area contributed by atoms with E-state index in [0.717, 1.165) is 54.8 Å². The number of nitrogens with zero attached hydrogens (tertiary/aromatic N) is 5. The molecule has 0 spiro atoms. The molecule has 27 heavy (non-hydrogen) atoms. The Hall–Kier alpha value is -2.12. The SMILES string of the molecule is Cc1cc(-c2ncc(C)[nH]2)nc(CC2CCN(Cc3scnc3C)CC2)n1. The lowest BCUT2D eigenvalue weighted by atomic mass is 9.93. The molecule has 0 unspecified atom stereocenters. The number of aryl methyl sites for hydroxylation is 3. The molecule has 6 nitrogen and oxygen atoms in total. The Kier molecular flexibility index (Phi) is 5.31. The van der Waals surface area contributed by atoms with Gasteiger partial charge in [-0.05, 0) is 58.7 Å². The van der Waals surface area contributed by atoms with Gasteiger partial charge in [0.15, 0.2) is 5.82 Å². The molecule has 1 N–H and O–H groups in total. The maximum atomic E-state index is 4.78. The molecule has 142 valence electrons. The molecule has 4 heterocycles. The molecule has 4 rings (SSSR count). The number of rotatable bonds is 5. The number of aromatic nitrogens is 5. The largest absolute Gasteiger partial charge is 0.341 e. The summed E-state index contributed by atoms with van der Waals surface area (Å²) < 4.78 is 0. The van der Waals surface area contributed by atoms with Gasteiger partial charge in [0.25, 0.3) is 0 Å². The zero-order chi connectivity index (χ0) is 18.8. The van der Waals surface area contributed by atoms with Crippen molar-refractivity contribution in [3.63, 3.8) is 0 Å². The smallest absolute Gasteiger partial charge is 0.156 e. The molecule has 0 aliphatic carbocycles. The molecule has 0 radical (unpaired) electrons. The number of piperidine rings is 1. The van der Waals surface area contributed by atoms with Crippen LogP contribution >= 0.6 is 11.3 Å². The fourth-order valence-corrected chi connectivity index (χ4v) is 4.49. The number of aromatic amines is 1. The average Bonchev–Trinajstić information content (AvgIpc) is 3.25. The Morgan fingerprint density at radius 3 is 2.63 bits per heavy atom. The Balaban J connectivity index is 1.37. The minimum Gasteiger partial charge on any atom is -0.341 e. The van der Waals surface area contributed by atoms with Crippen molar-refractivity contribution in [2.45, 2.75) is 46.6 Å². The van der Waals surface area contributed by atoms with Crippen molar-refractivity contribution in [1.29, 1.82) is 0 Å². The number of likely N-dealkylation sites (tertiary alicyclic amines) is 1. The summed E-state index contributed by atoms with van der Waals surface area (Å²) in [6, 6.07) is 2.00. The van der Waals surface area contributed by atoms with E-state index < -0.39 is 0 Å². The van der Waals surface area contributed by atoms with Crippen molar-refractivity contribution in [2.75, 3.05) is 13.1 Å². The third-order valence-corrected chi connectivity index (χ3v) is 6.16. The Labute approximate surface area is 164 Å². The van der Waals surface area contributed by atoms with Crippen LogP contribution < -0.4 is 0 Å². The van der Waals surface area contributed by atoms with E-state index in [9.17, 15) is 0 Å². The van der Waals surface area contributed by atoms with Crippen LogP contribution in [0.25, 0.3) is 11.5 Å². The molecule has 7 heteroatoms. The van der Waals surface area contributed by atoms with Crippen molar-refractivity contribution in [2.24, 2.45) is 5.92 Å². The first kappa shape index (κ1) is 18.3. The highest BCUT2D eigenvalue weighted by atomic mass is 32.1. The van der Waals surface area contributed by atoms with Gasteiger partial charge in [-0.3, -0.25) is 4.90 Å². The van der Waals surface area contributed by atoms with Crippen LogP contribution in [0.5, 0.6) is 0 Å². The summed E-state index contributed by atoms with van der Waals surface area (Å²) in [7, 11) is 0. The van der Waals surface area contributed by atoms with Crippen LogP contribution in [0.3, 0.4) is 0 Å². The monoisotopic (exact) mass is 382 g/mol. The number of thiazole rings is 1. The summed E-state index contributed by atoms with van der Waals surface area (Å²) in [6.45, 7) is 9.45. The molecule has 0 aromatic carbocycles. The van der Waals surface area contributed by atoms with Crippen LogP contribution in [0.15, 0.2) is 17.8 Å². The van der Waals surface area contributed by atoms with E-state index in [1.54, 1.807) is 11.3 Å². The molecule has 0 bridgehead atoms. The summed E-state index contributed by atoms with van der Waals surface area (Å²) >= 11 is 1.77. The van der Waals surface area contributed by atoms with Gasteiger partial charge in [-0.15, -0.1) is 11.3 Å². The number of H-pyrrole nitrogens is 1. The molecule has 0 saturated carbocycles. The van der Waals surface area contributed by atoms with Gasteiger partial charge in [0, 0.05) is 35.4 Å². The van der Waals surface area contributed by atoms with Gasteiger partial charge in [0.1, 0.15) is 11.5 Å². The van der Waals surface area contributed by atoms with Crippen LogP contribution in [-0.4, -0.2) is 42.9 Å². The number of hydrogen-bond acceptors (Lipinski definition) is 6. The molecule has 1 aliphatic rings. The zero-order valence-corrected chi connectivity index (χ0v) is 17.0. The first-order valence-electron chi connectivity index (χ1n) is 9.54. The van der Waals surface area contributed by atoms with Crippen LogP contribution in [0.4, 0.5) is 0 Å². The lowest BCUT2D eigenvalue weighted by Crippen LogP contribution is -2.34. The summed E-state index contributed by atoms with van der Waals surface area (Å²) in [5, 5.41) is 0. The molecule has 0 amide bonds. The summed E-state index contributed by atoms with van der Waals surface area (Å²) in [4.78, 5) is 25.4. The topological polar surface area (TPSA) is 70.6 Å². The van der Waals surface area contributed by atoms with Gasteiger partial charge >= 0.3 is 0 Å². The van der Waals surface area contributed by atoms with Crippen LogP contribution in [-0.2, 0) is 13.0 Å². The average molecular weight is 383 g/mol. The molecule has 3 aromatic heterocycles. The third-order valence-electron chi connectivity index (χ3n) is 5.24. The third kappa shape index (κ3) is 4.42. The highest BCUT2D eigenvalue weighted by molar-refractivity contribution is 7.09. The standard InChI is InChI=1S/C20H26N6S/c1-13-8-17(20-21-10-14(2)24-20)25-19(23-13)9-16-4-6-26(7-5-16)11-18-15(3)22-12-27-18/h8,10,12,16H,4-7,9,11H2,1-3H3,(H,21,24). The molecule has 0 atom stereocenters. The van der Waals surface area contributed by atoms with Gasteiger partial charge in [-0.1, -0.05) is 0 Å². The van der Waals surface area contributed by atoms with Crippen molar-refractivity contribution >= 4 is 11.3 Å². The first-order valence-corrected chi connectivity index (χ1v) is 10.4. The Morgan fingerprint density at radius 2 is 1.96 bits per heavy atom. The van der Waals surface area contributed by atoms with E-state index in [1.807, 2.05) is 31.6 Å². The molecule has 3 aromatic rings. The van der Waals surface area contributed by atoms with Crippen LogP contribution in [0, 0.1) is 26.7 Å². The van der Waals surface area contributed by atoms with E-state index in [2.05, 4.69) is 31.8 Å². The van der Waals surface area contributed by atoms with Crippen molar-refractivity contribution < 1.29 is 0 Å². The van der Waals surface area contributed by atoms with Crippen LogP contribution in [0.1, 0.15) is 40.6 Å². The number of hydrogen-bond donors (Lipinski definition) is 1. The van der Waals surface area contributed by atoms with Crippen molar-refractivity contribution in [3.05, 3.63) is 45.6 Å². The minimum atomic E-state index is 0.650. The highest BCUT2D eigenvalue weighted by Crippen LogP contribution is 2.24. The fourth-order valence-electron chi connectivity index (χ4n) is 3.67. The molecule has 1 saturated heterocycles. The van der Waals surface area contributed by atoms with Gasteiger partial charge in [-0.25, -0.2) is 19.9 Å². The second-order valence-electron chi connectivity index (χ2n) is 7.51.